The topological polar surface area (TPSA) is 94.0 Å². The van der Waals surface area contributed by atoms with E-state index in [1.807, 2.05) is 23.9 Å². The van der Waals surface area contributed by atoms with Gasteiger partial charge in [-0.25, -0.2) is 9.37 Å². The number of hydrogen-bond donors (Lipinski definition) is 2. The number of halogens is 1. The summed E-state index contributed by atoms with van der Waals surface area (Å²) >= 11 is 1.91. The Morgan fingerprint density at radius 1 is 1.05 bits per heavy atom. The first-order chi connectivity index (χ1) is 20.5. The predicted molar refractivity (Wildman–Crippen MR) is 164 cm³/mol. The Hall–Kier alpha value is -3.57. The number of amides is 2. The first-order valence-electron chi connectivity index (χ1n) is 14.7. The molecule has 3 aromatic rings. The minimum Gasteiger partial charge on any atom is -0.448 e. The van der Waals surface area contributed by atoms with Crippen LogP contribution in [0.4, 0.5) is 21.5 Å². The average Bonchev–Trinajstić information content (AvgIpc) is 3.48. The van der Waals surface area contributed by atoms with E-state index in [0.717, 1.165) is 57.1 Å². The molecule has 9 nitrogen and oxygen atoms in total. The third kappa shape index (κ3) is 6.57. The lowest BCUT2D eigenvalue weighted by molar-refractivity contribution is 0.0946. The van der Waals surface area contributed by atoms with Gasteiger partial charge >= 0.3 is 0 Å². The number of rotatable bonds is 10. The lowest BCUT2D eigenvalue weighted by Crippen LogP contribution is -2.47. The van der Waals surface area contributed by atoms with Crippen LogP contribution in [0.5, 0.6) is 0 Å². The largest absolute Gasteiger partial charge is 0.448 e. The molecule has 2 amide bonds. The predicted octanol–water partition coefficient (Wildman–Crippen LogP) is 4.70. The Morgan fingerprint density at radius 2 is 1.81 bits per heavy atom. The SMILES string of the molecule is Cc1ccccc1N1CCN(c2cc(F)c(C(=O)NCCCN3CCSC3)cc2NC(=O)c2coc(C3CC3)n2)CC1. The zero-order valence-electron chi connectivity index (χ0n) is 23.9. The first kappa shape index (κ1) is 28.5. The normalized spacial score (nSPS) is 17.5. The van der Waals surface area contributed by atoms with Gasteiger partial charge in [0.25, 0.3) is 11.8 Å². The summed E-state index contributed by atoms with van der Waals surface area (Å²) in [4.78, 5) is 37.3. The van der Waals surface area contributed by atoms with E-state index in [9.17, 15) is 9.59 Å². The molecule has 2 aromatic carbocycles. The number of anilines is 3. The Balaban J connectivity index is 1.19. The maximum atomic E-state index is 15.5. The van der Waals surface area contributed by atoms with E-state index < -0.39 is 17.6 Å². The minimum absolute atomic E-state index is 0.0943. The van der Waals surface area contributed by atoms with E-state index in [2.05, 4.69) is 49.4 Å². The highest BCUT2D eigenvalue weighted by Crippen LogP contribution is 2.39. The fourth-order valence-electron chi connectivity index (χ4n) is 5.53. The lowest BCUT2D eigenvalue weighted by atomic mass is 10.1. The van der Waals surface area contributed by atoms with Crippen LogP contribution in [-0.2, 0) is 0 Å². The number of aryl methyl sites for hydroxylation is 1. The standard InChI is InChI=1S/C31H37FN6O3S/c1-21-5-2-3-6-27(21)37-11-13-38(14-12-37)28-18-24(32)23(29(39)33-9-4-10-36-15-16-42-20-36)17-25(28)34-30(40)26-19-41-31(35-26)22-7-8-22/h2-3,5-6,17-19,22H,4,7-16,20H2,1H3,(H,33,39)(H,34,40). The molecule has 42 heavy (non-hydrogen) atoms. The van der Waals surface area contributed by atoms with Crippen LogP contribution < -0.4 is 20.4 Å². The molecule has 0 bridgehead atoms. The van der Waals surface area contributed by atoms with Crippen molar-refractivity contribution in [2.45, 2.75) is 32.1 Å². The van der Waals surface area contributed by atoms with Crippen molar-refractivity contribution in [1.29, 1.82) is 0 Å². The Labute approximate surface area is 249 Å². The summed E-state index contributed by atoms with van der Waals surface area (Å²) in [5.41, 5.74) is 3.38. The van der Waals surface area contributed by atoms with Crippen LogP contribution in [0.1, 0.15) is 57.5 Å². The van der Waals surface area contributed by atoms with Crippen molar-refractivity contribution >= 4 is 40.6 Å². The molecule has 6 rings (SSSR count). The molecule has 1 aliphatic carbocycles. The molecule has 0 atom stereocenters. The van der Waals surface area contributed by atoms with Crippen LogP contribution in [0.25, 0.3) is 0 Å². The fourth-order valence-corrected chi connectivity index (χ4v) is 6.56. The summed E-state index contributed by atoms with van der Waals surface area (Å²) in [5.74, 6) is 1.43. The van der Waals surface area contributed by atoms with Crippen LogP contribution in [-0.4, -0.2) is 79.1 Å². The summed E-state index contributed by atoms with van der Waals surface area (Å²) < 4.78 is 21.0. The van der Waals surface area contributed by atoms with Crippen LogP contribution in [0.15, 0.2) is 47.1 Å². The molecule has 2 saturated heterocycles. The lowest BCUT2D eigenvalue weighted by Gasteiger charge is -2.38. The molecule has 0 spiro atoms. The highest BCUT2D eigenvalue weighted by molar-refractivity contribution is 7.99. The van der Waals surface area contributed by atoms with Gasteiger partial charge < -0.3 is 24.9 Å². The summed E-state index contributed by atoms with van der Waals surface area (Å²) in [7, 11) is 0. The first-order valence-corrected chi connectivity index (χ1v) is 15.9. The molecule has 222 valence electrons. The number of nitrogens with one attached hydrogen (secondary N) is 2. The second-order valence-electron chi connectivity index (χ2n) is 11.2. The molecule has 1 saturated carbocycles. The second kappa shape index (κ2) is 12.7. The van der Waals surface area contributed by atoms with Crippen molar-refractivity contribution in [2.75, 3.05) is 72.6 Å². The number of piperazine rings is 1. The number of hydrogen-bond acceptors (Lipinski definition) is 8. The van der Waals surface area contributed by atoms with Crippen LogP contribution in [0.2, 0.25) is 0 Å². The molecule has 11 heteroatoms. The smallest absolute Gasteiger partial charge is 0.277 e. The molecule has 3 aliphatic rings. The van der Waals surface area contributed by atoms with Crippen LogP contribution in [0.3, 0.4) is 0 Å². The van der Waals surface area contributed by atoms with Gasteiger partial charge in [-0.3, -0.25) is 14.5 Å². The average molecular weight is 593 g/mol. The van der Waals surface area contributed by atoms with Gasteiger partial charge in [-0.2, -0.15) is 0 Å². The van der Waals surface area contributed by atoms with Crippen molar-refractivity contribution < 1.29 is 18.4 Å². The van der Waals surface area contributed by atoms with Gasteiger partial charge in [0.15, 0.2) is 11.6 Å². The summed E-state index contributed by atoms with van der Waals surface area (Å²) in [5, 5.41) is 5.76. The van der Waals surface area contributed by atoms with Crippen molar-refractivity contribution in [1.82, 2.24) is 15.2 Å². The quantitative estimate of drug-likeness (QED) is 0.327. The van der Waals surface area contributed by atoms with Gasteiger partial charge in [-0.05, 0) is 43.9 Å². The highest BCUT2D eigenvalue weighted by atomic mass is 32.2. The molecule has 2 aliphatic heterocycles. The van der Waals surface area contributed by atoms with Gasteiger partial charge in [0.05, 0.1) is 16.9 Å². The second-order valence-corrected chi connectivity index (χ2v) is 12.2. The molecular weight excluding hydrogens is 555 g/mol. The Kier molecular flexibility index (Phi) is 8.66. The maximum Gasteiger partial charge on any atom is 0.277 e. The molecule has 3 fully saturated rings. The number of nitrogens with zero attached hydrogens (tertiary/aromatic N) is 4. The third-order valence-electron chi connectivity index (χ3n) is 8.10. The van der Waals surface area contributed by atoms with E-state index in [1.54, 1.807) is 0 Å². The molecule has 0 unspecified atom stereocenters. The van der Waals surface area contributed by atoms with E-state index in [4.69, 9.17) is 4.42 Å². The van der Waals surface area contributed by atoms with Crippen molar-refractivity contribution in [3.63, 3.8) is 0 Å². The Morgan fingerprint density at radius 3 is 2.52 bits per heavy atom. The maximum absolute atomic E-state index is 15.5. The van der Waals surface area contributed by atoms with Gasteiger partial charge in [-0.15, -0.1) is 11.8 Å². The fraction of sp³-hybridized carbons (Fsp3) is 0.452. The minimum atomic E-state index is -0.616. The summed E-state index contributed by atoms with van der Waals surface area (Å²) in [6.45, 7) is 7.25. The highest BCUT2D eigenvalue weighted by Gasteiger charge is 2.30. The number of thioether (sulfide) groups is 1. The number of oxazole rings is 1. The Bertz CT molecular complexity index is 1430. The van der Waals surface area contributed by atoms with Crippen molar-refractivity contribution in [3.8, 4) is 0 Å². The zero-order chi connectivity index (χ0) is 29.1. The third-order valence-corrected chi connectivity index (χ3v) is 9.12. The molecule has 1 aromatic heterocycles. The van der Waals surface area contributed by atoms with Gasteiger partial charge in [0.1, 0.15) is 12.1 Å². The molecule has 0 radical (unpaired) electrons. The van der Waals surface area contributed by atoms with Crippen LogP contribution >= 0.6 is 11.8 Å². The zero-order valence-corrected chi connectivity index (χ0v) is 24.7. The van der Waals surface area contributed by atoms with E-state index in [0.29, 0.717) is 36.9 Å². The number of aromatic nitrogens is 1. The van der Waals surface area contributed by atoms with Gasteiger partial charge in [-0.1, -0.05) is 18.2 Å². The molecular formula is C31H37FN6O3S. The van der Waals surface area contributed by atoms with Gasteiger partial charge in [0.2, 0.25) is 0 Å². The number of carbonyl (C=O) groups excluding carboxylic acids is 2. The van der Waals surface area contributed by atoms with E-state index in [1.165, 1.54) is 29.6 Å². The summed E-state index contributed by atoms with van der Waals surface area (Å²) in [6.07, 6.45) is 4.16. The number of carbonyl (C=O) groups is 2. The number of benzene rings is 2. The van der Waals surface area contributed by atoms with Crippen molar-refractivity contribution in [3.05, 3.63) is 71.2 Å². The number of para-hydroxylation sites is 1. The molecule has 3 heterocycles. The van der Waals surface area contributed by atoms with Crippen molar-refractivity contribution in [2.24, 2.45) is 0 Å². The van der Waals surface area contributed by atoms with E-state index in [-0.39, 0.29) is 17.2 Å². The van der Waals surface area contributed by atoms with E-state index >= 15 is 4.39 Å². The molecule has 2 N–H and O–H groups in total. The van der Waals surface area contributed by atoms with Crippen LogP contribution in [0, 0.1) is 12.7 Å². The summed E-state index contributed by atoms with van der Waals surface area (Å²) in [6, 6.07) is 11.1. The monoisotopic (exact) mass is 592 g/mol. The van der Waals surface area contributed by atoms with Gasteiger partial charge in [0, 0.05) is 75.1 Å².